The summed E-state index contributed by atoms with van der Waals surface area (Å²) >= 11 is 1.63. The van der Waals surface area contributed by atoms with Gasteiger partial charge in [0.2, 0.25) is 0 Å². The van der Waals surface area contributed by atoms with Gasteiger partial charge in [0.05, 0.1) is 31.3 Å². The second-order valence-corrected chi connectivity index (χ2v) is 7.68. The van der Waals surface area contributed by atoms with Crippen molar-refractivity contribution < 1.29 is 14.3 Å². The lowest BCUT2D eigenvalue weighted by Crippen LogP contribution is -2.53. The van der Waals surface area contributed by atoms with Crippen LogP contribution >= 0.6 is 11.3 Å². The summed E-state index contributed by atoms with van der Waals surface area (Å²) in [5, 5.41) is 0.942. The standard InChI is InChI=1S/C21H22N2O3S/c1-3-14-7-9-15(10-8-14)11-19(24)26-16-12-23(13-16)21-22-20-17(25-2)5-4-6-18(20)27-21/h4-10,16H,3,11-13H2,1-2H3. The number of para-hydroxylation sites is 1. The highest BCUT2D eigenvalue weighted by Gasteiger charge is 2.32. The first-order valence-electron chi connectivity index (χ1n) is 9.12. The molecule has 0 amide bonds. The Morgan fingerprint density at radius 2 is 1.93 bits per heavy atom. The molecule has 0 aliphatic carbocycles. The van der Waals surface area contributed by atoms with Gasteiger partial charge in [-0.3, -0.25) is 4.79 Å². The van der Waals surface area contributed by atoms with Crippen LogP contribution < -0.4 is 9.64 Å². The molecule has 5 nitrogen and oxygen atoms in total. The smallest absolute Gasteiger partial charge is 0.310 e. The fraction of sp³-hybridized carbons (Fsp3) is 0.333. The molecule has 3 aromatic rings. The van der Waals surface area contributed by atoms with Crippen LogP contribution in [0.5, 0.6) is 5.75 Å². The SMILES string of the molecule is CCc1ccc(CC(=O)OC2CN(c3nc4c(OC)cccc4s3)C2)cc1. The fourth-order valence-electron chi connectivity index (χ4n) is 3.17. The molecular formula is C21H22N2O3S. The Kier molecular flexibility index (Phi) is 4.99. The van der Waals surface area contributed by atoms with Gasteiger partial charge in [0.25, 0.3) is 0 Å². The maximum Gasteiger partial charge on any atom is 0.310 e. The number of carbonyl (C=O) groups excluding carboxylic acids is 1. The van der Waals surface area contributed by atoms with Gasteiger partial charge in [-0.25, -0.2) is 4.98 Å². The number of benzene rings is 2. The molecule has 27 heavy (non-hydrogen) atoms. The van der Waals surface area contributed by atoms with E-state index in [0.717, 1.165) is 33.1 Å². The zero-order valence-electron chi connectivity index (χ0n) is 15.5. The zero-order chi connectivity index (χ0) is 18.8. The molecule has 6 heteroatoms. The van der Waals surface area contributed by atoms with Crippen molar-refractivity contribution >= 4 is 32.7 Å². The lowest BCUT2D eigenvalue weighted by Gasteiger charge is -2.38. The molecule has 0 bridgehead atoms. The number of esters is 1. The summed E-state index contributed by atoms with van der Waals surface area (Å²) in [6.07, 6.45) is 1.25. The molecule has 0 saturated carbocycles. The van der Waals surface area contributed by atoms with Crippen LogP contribution in [0.15, 0.2) is 42.5 Å². The lowest BCUT2D eigenvalue weighted by molar-refractivity contribution is -0.149. The molecule has 2 aromatic carbocycles. The van der Waals surface area contributed by atoms with Gasteiger partial charge < -0.3 is 14.4 Å². The second-order valence-electron chi connectivity index (χ2n) is 6.67. The van der Waals surface area contributed by atoms with E-state index in [1.807, 2.05) is 30.3 Å². The molecule has 0 atom stereocenters. The minimum Gasteiger partial charge on any atom is -0.494 e. The lowest BCUT2D eigenvalue weighted by atomic mass is 10.1. The van der Waals surface area contributed by atoms with Crippen LogP contribution in [0.4, 0.5) is 5.13 Å². The van der Waals surface area contributed by atoms with Crippen molar-refractivity contribution in [2.24, 2.45) is 0 Å². The van der Waals surface area contributed by atoms with E-state index >= 15 is 0 Å². The average Bonchev–Trinajstić information content (AvgIpc) is 3.08. The molecule has 1 fully saturated rings. The summed E-state index contributed by atoms with van der Waals surface area (Å²) in [5.41, 5.74) is 3.15. The van der Waals surface area contributed by atoms with Gasteiger partial charge in [-0.05, 0) is 29.7 Å². The van der Waals surface area contributed by atoms with E-state index in [1.54, 1.807) is 18.4 Å². The number of hydrogen-bond acceptors (Lipinski definition) is 6. The van der Waals surface area contributed by atoms with Crippen molar-refractivity contribution in [3.8, 4) is 5.75 Å². The third-order valence-electron chi connectivity index (χ3n) is 4.79. The van der Waals surface area contributed by atoms with Gasteiger partial charge in [-0.2, -0.15) is 0 Å². The highest BCUT2D eigenvalue weighted by Crippen LogP contribution is 2.35. The Bertz CT molecular complexity index is 946. The van der Waals surface area contributed by atoms with E-state index in [1.165, 1.54) is 5.56 Å². The molecule has 2 heterocycles. The zero-order valence-corrected chi connectivity index (χ0v) is 16.3. The molecular weight excluding hydrogens is 360 g/mol. The highest BCUT2D eigenvalue weighted by atomic mass is 32.1. The van der Waals surface area contributed by atoms with Crippen molar-refractivity contribution in [2.75, 3.05) is 25.1 Å². The number of carbonyl (C=O) groups is 1. The monoisotopic (exact) mass is 382 g/mol. The van der Waals surface area contributed by atoms with Crippen LogP contribution in [0, 0.1) is 0 Å². The van der Waals surface area contributed by atoms with Gasteiger partial charge in [0.1, 0.15) is 17.4 Å². The van der Waals surface area contributed by atoms with Gasteiger partial charge in [-0.1, -0.05) is 48.6 Å². The van der Waals surface area contributed by atoms with Crippen molar-refractivity contribution in [1.82, 2.24) is 4.98 Å². The number of thiazole rings is 1. The summed E-state index contributed by atoms with van der Waals surface area (Å²) < 4.78 is 12.1. The van der Waals surface area contributed by atoms with Crippen molar-refractivity contribution in [3.63, 3.8) is 0 Å². The minimum absolute atomic E-state index is 0.0682. The van der Waals surface area contributed by atoms with Crippen LogP contribution in [0.1, 0.15) is 18.1 Å². The average molecular weight is 382 g/mol. The first kappa shape index (κ1) is 17.8. The number of ether oxygens (including phenoxy) is 2. The topological polar surface area (TPSA) is 51.7 Å². The Morgan fingerprint density at radius 3 is 2.63 bits per heavy atom. The predicted octanol–water partition coefficient (Wildman–Crippen LogP) is 3.84. The summed E-state index contributed by atoms with van der Waals surface area (Å²) in [6.45, 7) is 3.48. The number of anilines is 1. The van der Waals surface area contributed by atoms with Crippen LogP contribution in [0.2, 0.25) is 0 Å². The van der Waals surface area contributed by atoms with E-state index in [4.69, 9.17) is 9.47 Å². The number of aromatic nitrogens is 1. The molecule has 140 valence electrons. The molecule has 1 aliphatic rings. The third kappa shape index (κ3) is 3.76. The van der Waals surface area contributed by atoms with E-state index in [0.29, 0.717) is 19.5 Å². The normalized spacial score (nSPS) is 14.2. The number of nitrogens with zero attached hydrogens (tertiary/aromatic N) is 2. The first-order chi connectivity index (χ1) is 13.2. The van der Waals surface area contributed by atoms with Crippen LogP contribution in [-0.4, -0.2) is 37.3 Å². The van der Waals surface area contributed by atoms with Crippen molar-refractivity contribution in [1.29, 1.82) is 0 Å². The predicted molar refractivity (Wildman–Crippen MR) is 108 cm³/mol. The van der Waals surface area contributed by atoms with Gasteiger partial charge in [0.15, 0.2) is 5.13 Å². The maximum atomic E-state index is 12.2. The highest BCUT2D eigenvalue weighted by molar-refractivity contribution is 7.22. The molecule has 0 unspecified atom stereocenters. The first-order valence-corrected chi connectivity index (χ1v) is 9.93. The number of methoxy groups -OCH3 is 1. The summed E-state index contributed by atoms with van der Waals surface area (Å²) in [5.74, 6) is 0.613. The molecule has 1 saturated heterocycles. The van der Waals surface area contributed by atoms with E-state index in [-0.39, 0.29) is 12.1 Å². The summed E-state index contributed by atoms with van der Waals surface area (Å²) in [4.78, 5) is 19.0. The van der Waals surface area contributed by atoms with E-state index in [9.17, 15) is 4.79 Å². The van der Waals surface area contributed by atoms with Gasteiger partial charge in [0, 0.05) is 0 Å². The molecule has 1 aliphatic heterocycles. The van der Waals surface area contributed by atoms with E-state index < -0.39 is 0 Å². The second kappa shape index (κ2) is 7.56. The third-order valence-corrected chi connectivity index (χ3v) is 5.87. The Hall–Kier alpha value is -2.60. The van der Waals surface area contributed by atoms with E-state index in [2.05, 4.69) is 28.9 Å². The number of aryl methyl sites for hydroxylation is 1. The van der Waals surface area contributed by atoms with Gasteiger partial charge in [-0.15, -0.1) is 0 Å². The molecule has 1 aromatic heterocycles. The minimum atomic E-state index is -0.171. The van der Waals surface area contributed by atoms with Crippen molar-refractivity contribution in [3.05, 3.63) is 53.6 Å². The Balaban J connectivity index is 1.32. The number of hydrogen-bond donors (Lipinski definition) is 0. The van der Waals surface area contributed by atoms with Crippen LogP contribution in [0.3, 0.4) is 0 Å². The maximum absolute atomic E-state index is 12.2. The van der Waals surface area contributed by atoms with Gasteiger partial charge >= 0.3 is 5.97 Å². The molecule has 0 N–H and O–H groups in total. The number of fused-ring (bicyclic) bond motifs is 1. The summed E-state index contributed by atoms with van der Waals surface area (Å²) in [6, 6.07) is 14.1. The van der Waals surface area contributed by atoms with Crippen LogP contribution in [0.25, 0.3) is 10.2 Å². The molecule has 0 spiro atoms. The fourth-order valence-corrected chi connectivity index (χ4v) is 4.17. The largest absolute Gasteiger partial charge is 0.494 e. The molecule has 4 rings (SSSR count). The Morgan fingerprint density at radius 1 is 1.19 bits per heavy atom. The number of rotatable bonds is 6. The summed E-state index contributed by atoms with van der Waals surface area (Å²) in [7, 11) is 1.66. The van der Waals surface area contributed by atoms with Crippen LogP contribution in [-0.2, 0) is 22.4 Å². The quantitative estimate of drug-likeness (QED) is 0.606. The van der Waals surface area contributed by atoms with Crippen molar-refractivity contribution in [2.45, 2.75) is 25.9 Å². The molecule has 0 radical (unpaired) electrons. The Labute approximate surface area is 162 Å².